The molecule has 29 heavy (non-hydrogen) atoms. The second-order valence-corrected chi connectivity index (χ2v) is 8.20. The Morgan fingerprint density at radius 1 is 1.21 bits per heavy atom. The summed E-state index contributed by atoms with van der Waals surface area (Å²) in [5.41, 5.74) is 3.59. The summed E-state index contributed by atoms with van der Waals surface area (Å²) >= 11 is 3.50. The minimum Gasteiger partial charge on any atom is -0.357 e. The van der Waals surface area contributed by atoms with Crippen LogP contribution in [0, 0.1) is 6.92 Å². The number of piperidine rings is 1. The summed E-state index contributed by atoms with van der Waals surface area (Å²) < 4.78 is 1.13. The Hall–Kier alpha value is -1.19. The van der Waals surface area contributed by atoms with Gasteiger partial charge < -0.3 is 10.6 Å². The smallest absolute Gasteiger partial charge is 0.191 e. The molecule has 0 amide bonds. The Kier molecular flexibility index (Phi) is 10.4. The third-order valence-electron chi connectivity index (χ3n) is 5.10. The lowest BCUT2D eigenvalue weighted by atomic mass is 10.0. The van der Waals surface area contributed by atoms with Gasteiger partial charge in [-0.25, -0.2) is 4.99 Å². The van der Waals surface area contributed by atoms with Crippen molar-refractivity contribution in [1.82, 2.24) is 20.5 Å². The number of aryl methyl sites for hydroxylation is 1. The highest BCUT2D eigenvalue weighted by molar-refractivity contribution is 14.0. The van der Waals surface area contributed by atoms with E-state index in [4.69, 9.17) is 4.99 Å². The van der Waals surface area contributed by atoms with E-state index < -0.39 is 0 Å². The van der Waals surface area contributed by atoms with Gasteiger partial charge in [-0.2, -0.15) is 0 Å². The molecular formula is C22H31BrIN5. The molecule has 7 heteroatoms. The first-order valence-corrected chi connectivity index (χ1v) is 10.9. The van der Waals surface area contributed by atoms with Crippen LogP contribution in [-0.2, 0) is 13.1 Å². The maximum absolute atomic E-state index is 4.75. The van der Waals surface area contributed by atoms with E-state index in [0.29, 0.717) is 12.6 Å². The highest BCUT2D eigenvalue weighted by Gasteiger charge is 2.20. The van der Waals surface area contributed by atoms with E-state index >= 15 is 0 Å². The van der Waals surface area contributed by atoms with Gasteiger partial charge >= 0.3 is 0 Å². The fourth-order valence-electron chi connectivity index (χ4n) is 3.43. The van der Waals surface area contributed by atoms with Crippen LogP contribution in [0.2, 0.25) is 0 Å². The number of halogens is 2. The van der Waals surface area contributed by atoms with Gasteiger partial charge in [0, 0.05) is 42.9 Å². The van der Waals surface area contributed by atoms with Gasteiger partial charge in [0.05, 0.1) is 12.2 Å². The van der Waals surface area contributed by atoms with Gasteiger partial charge in [-0.3, -0.25) is 9.88 Å². The predicted octanol–water partition coefficient (Wildman–Crippen LogP) is 4.49. The molecule has 2 aromatic rings. The molecule has 0 saturated carbocycles. The zero-order valence-corrected chi connectivity index (χ0v) is 21.1. The first-order chi connectivity index (χ1) is 13.6. The van der Waals surface area contributed by atoms with Gasteiger partial charge in [0.15, 0.2) is 5.96 Å². The van der Waals surface area contributed by atoms with E-state index in [0.717, 1.165) is 55.1 Å². The number of rotatable bonds is 6. The molecule has 2 heterocycles. The third-order valence-corrected chi connectivity index (χ3v) is 5.63. The van der Waals surface area contributed by atoms with Crippen molar-refractivity contribution in [1.29, 1.82) is 0 Å². The van der Waals surface area contributed by atoms with E-state index in [1.165, 1.54) is 11.1 Å². The number of likely N-dealkylation sites (tertiary alicyclic amines) is 1. The molecule has 1 saturated heterocycles. The molecule has 1 aliphatic rings. The van der Waals surface area contributed by atoms with E-state index in [1.807, 2.05) is 12.3 Å². The lowest BCUT2D eigenvalue weighted by Gasteiger charge is -2.33. The average Bonchev–Trinajstić information content (AvgIpc) is 2.70. The molecule has 0 radical (unpaired) electrons. The molecular weight excluding hydrogens is 541 g/mol. The molecule has 3 rings (SSSR count). The standard InChI is InChI=1S/C22H30BrN5.HI/c1-3-24-22(26-15-21-17(2)5-4-12-25-21)27-20-10-13-28(14-11-20)16-18-6-8-19(23)9-7-18;/h4-9,12,20H,3,10-11,13-16H2,1-2H3,(H2,24,26,27);1H. The summed E-state index contributed by atoms with van der Waals surface area (Å²) in [6, 6.07) is 13.1. The van der Waals surface area contributed by atoms with Crippen molar-refractivity contribution < 1.29 is 0 Å². The van der Waals surface area contributed by atoms with Gasteiger partial charge in [-0.15, -0.1) is 24.0 Å². The lowest BCUT2D eigenvalue weighted by Crippen LogP contribution is -2.48. The number of nitrogens with one attached hydrogen (secondary N) is 2. The first-order valence-electron chi connectivity index (χ1n) is 10.1. The van der Waals surface area contributed by atoms with Crippen molar-refractivity contribution in [2.24, 2.45) is 4.99 Å². The van der Waals surface area contributed by atoms with Crippen LogP contribution in [0.4, 0.5) is 0 Å². The minimum atomic E-state index is 0. The average molecular weight is 572 g/mol. The highest BCUT2D eigenvalue weighted by Crippen LogP contribution is 2.16. The molecule has 1 aliphatic heterocycles. The van der Waals surface area contributed by atoms with E-state index in [2.05, 4.69) is 80.6 Å². The van der Waals surface area contributed by atoms with Crippen LogP contribution in [0.3, 0.4) is 0 Å². The quantitative estimate of drug-likeness (QED) is 0.305. The first kappa shape index (κ1) is 24.1. The van der Waals surface area contributed by atoms with Crippen molar-refractivity contribution in [3.05, 3.63) is 63.9 Å². The maximum Gasteiger partial charge on any atom is 0.191 e. The largest absolute Gasteiger partial charge is 0.357 e. The molecule has 0 unspecified atom stereocenters. The van der Waals surface area contributed by atoms with Crippen molar-refractivity contribution in [3.8, 4) is 0 Å². The van der Waals surface area contributed by atoms with Crippen LogP contribution in [0.25, 0.3) is 0 Å². The van der Waals surface area contributed by atoms with E-state index in [9.17, 15) is 0 Å². The fraction of sp³-hybridized carbons (Fsp3) is 0.455. The number of aromatic nitrogens is 1. The number of hydrogen-bond donors (Lipinski definition) is 2. The molecule has 1 fully saturated rings. The van der Waals surface area contributed by atoms with Crippen LogP contribution in [0.1, 0.15) is 36.6 Å². The lowest BCUT2D eigenvalue weighted by molar-refractivity contribution is 0.198. The molecule has 0 spiro atoms. The van der Waals surface area contributed by atoms with Gasteiger partial charge in [0.1, 0.15) is 0 Å². The third kappa shape index (κ3) is 7.86. The van der Waals surface area contributed by atoms with Crippen LogP contribution in [0.5, 0.6) is 0 Å². The van der Waals surface area contributed by atoms with Crippen LogP contribution in [-0.4, -0.2) is 41.5 Å². The zero-order chi connectivity index (χ0) is 19.8. The SMILES string of the molecule is CCNC(=NCc1ncccc1C)NC1CCN(Cc2ccc(Br)cc2)CC1.I. The number of hydrogen-bond acceptors (Lipinski definition) is 3. The van der Waals surface area contributed by atoms with Crippen molar-refractivity contribution >= 4 is 45.9 Å². The summed E-state index contributed by atoms with van der Waals surface area (Å²) in [7, 11) is 0. The van der Waals surface area contributed by atoms with Crippen molar-refractivity contribution in [3.63, 3.8) is 0 Å². The fourth-order valence-corrected chi connectivity index (χ4v) is 3.70. The van der Waals surface area contributed by atoms with Gasteiger partial charge in [-0.1, -0.05) is 34.1 Å². The van der Waals surface area contributed by atoms with Crippen LogP contribution >= 0.6 is 39.9 Å². The molecule has 1 aromatic carbocycles. The molecule has 0 atom stereocenters. The number of pyridine rings is 1. The number of benzene rings is 1. The Labute approximate surface area is 199 Å². The van der Waals surface area contributed by atoms with Gasteiger partial charge in [0.25, 0.3) is 0 Å². The second-order valence-electron chi connectivity index (χ2n) is 7.28. The minimum absolute atomic E-state index is 0. The van der Waals surface area contributed by atoms with Crippen LogP contribution < -0.4 is 10.6 Å². The number of aliphatic imine (C=N–C) groups is 1. The summed E-state index contributed by atoms with van der Waals surface area (Å²) in [6.45, 7) is 8.87. The molecule has 0 aliphatic carbocycles. The Bertz CT molecular complexity index is 773. The highest BCUT2D eigenvalue weighted by atomic mass is 127. The summed E-state index contributed by atoms with van der Waals surface area (Å²) in [4.78, 5) is 11.7. The second kappa shape index (κ2) is 12.5. The summed E-state index contributed by atoms with van der Waals surface area (Å²) in [5.74, 6) is 0.888. The van der Waals surface area contributed by atoms with Crippen molar-refractivity contribution in [2.45, 2.75) is 45.8 Å². The number of guanidine groups is 1. The molecule has 0 bridgehead atoms. The summed E-state index contributed by atoms with van der Waals surface area (Å²) in [6.07, 6.45) is 4.09. The molecule has 1 aromatic heterocycles. The topological polar surface area (TPSA) is 52.6 Å². The molecule has 158 valence electrons. The maximum atomic E-state index is 4.75. The van der Waals surface area contributed by atoms with E-state index in [-0.39, 0.29) is 24.0 Å². The van der Waals surface area contributed by atoms with Gasteiger partial charge in [-0.05, 0) is 56.0 Å². The molecule has 2 N–H and O–H groups in total. The Balaban J connectivity index is 0.00000300. The zero-order valence-electron chi connectivity index (χ0n) is 17.2. The summed E-state index contributed by atoms with van der Waals surface area (Å²) in [5, 5.41) is 6.99. The monoisotopic (exact) mass is 571 g/mol. The van der Waals surface area contributed by atoms with Crippen molar-refractivity contribution in [2.75, 3.05) is 19.6 Å². The van der Waals surface area contributed by atoms with E-state index in [1.54, 1.807) is 0 Å². The molecule has 5 nitrogen and oxygen atoms in total. The Morgan fingerprint density at radius 3 is 2.59 bits per heavy atom. The predicted molar refractivity (Wildman–Crippen MR) is 135 cm³/mol. The number of nitrogens with zero attached hydrogens (tertiary/aromatic N) is 3. The van der Waals surface area contributed by atoms with Crippen LogP contribution in [0.15, 0.2) is 52.1 Å². The Morgan fingerprint density at radius 2 is 1.93 bits per heavy atom. The van der Waals surface area contributed by atoms with Gasteiger partial charge in [0.2, 0.25) is 0 Å². The normalized spacial score (nSPS) is 15.6.